The van der Waals surface area contributed by atoms with E-state index >= 15 is 0 Å². The first-order chi connectivity index (χ1) is 6.58. The van der Waals surface area contributed by atoms with E-state index in [4.69, 9.17) is 16.7 Å². The van der Waals surface area contributed by atoms with Crippen LogP contribution in [0.5, 0.6) is 0 Å². The van der Waals surface area contributed by atoms with Crippen molar-refractivity contribution >= 4 is 28.5 Å². The Hall–Kier alpha value is -1.48. The van der Waals surface area contributed by atoms with Crippen molar-refractivity contribution in [3.63, 3.8) is 0 Å². The molecular formula is C10H8ClNO2. The lowest BCUT2D eigenvalue weighted by Crippen LogP contribution is -1.94. The van der Waals surface area contributed by atoms with Crippen LogP contribution in [0.15, 0.2) is 18.2 Å². The van der Waals surface area contributed by atoms with Crippen LogP contribution in [0.25, 0.3) is 10.9 Å². The second-order valence-corrected chi connectivity index (χ2v) is 3.61. The van der Waals surface area contributed by atoms with Crippen LogP contribution in [0, 0.1) is 6.92 Å². The third-order valence-corrected chi connectivity index (χ3v) is 2.35. The molecule has 1 aromatic heterocycles. The van der Waals surface area contributed by atoms with Crippen LogP contribution in [0.1, 0.15) is 16.1 Å². The van der Waals surface area contributed by atoms with Gasteiger partial charge in [-0.15, -0.1) is 0 Å². The lowest BCUT2D eigenvalue weighted by atomic mass is 10.2. The summed E-state index contributed by atoms with van der Waals surface area (Å²) in [6, 6.07) is 5.27. The molecule has 2 N–H and O–H groups in total. The standard InChI is InChI=1S/C10H8ClNO2/c1-5-2-6-4-8(10(13)14)12-9(6)7(11)3-5/h2-4,12H,1H3,(H,13,14). The van der Waals surface area contributed by atoms with E-state index in [1.807, 2.05) is 13.0 Å². The summed E-state index contributed by atoms with van der Waals surface area (Å²) in [6.45, 7) is 1.92. The average molecular weight is 210 g/mol. The molecule has 1 heterocycles. The number of hydrogen-bond donors (Lipinski definition) is 2. The molecule has 0 aliphatic carbocycles. The maximum absolute atomic E-state index is 10.7. The number of carboxylic acids is 1. The molecule has 0 unspecified atom stereocenters. The van der Waals surface area contributed by atoms with E-state index in [1.165, 1.54) is 0 Å². The summed E-state index contributed by atoms with van der Waals surface area (Å²) >= 11 is 5.96. The number of halogens is 1. The Balaban J connectivity index is 2.76. The first-order valence-corrected chi connectivity index (χ1v) is 4.48. The molecule has 0 radical (unpaired) electrons. The monoisotopic (exact) mass is 209 g/mol. The van der Waals surface area contributed by atoms with Crippen LogP contribution in [0.3, 0.4) is 0 Å². The van der Waals surface area contributed by atoms with Crippen LogP contribution >= 0.6 is 11.6 Å². The first kappa shape index (κ1) is 9.09. The van der Waals surface area contributed by atoms with Gasteiger partial charge in [-0.2, -0.15) is 0 Å². The van der Waals surface area contributed by atoms with Gasteiger partial charge in [0, 0.05) is 5.39 Å². The predicted octanol–water partition coefficient (Wildman–Crippen LogP) is 2.83. The number of aromatic carboxylic acids is 1. The van der Waals surface area contributed by atoms with Crippen molar-refractivity contribution in [3.8, 4) is 0 Å². The van der Waals surface area contributed by atoms with Gasteiger partial charge in [0.05, 0.1) is 10.5 Å². The van der Waals surface area contributed by atoms with Crippen LogP contribution in [-0.4, -0.2) is 16.1 Å². The summed E-state index contributed by atoms with van der Waals surface area (Å²) in [5, 5.41) is 10.1. The zero-order chi connectivity index (χ0) is 10.3. The van der Waals surface area contributed by atoms with E-state index in [0.29, 0.717) is 10.5 Å². The predicted molar refractivity (Wildman–Crippen MR) is 55.0 cm³/mol. The third kappa shape index (κ3) is 1.36. The average Bonchev–Trinajstić information content (AvgIpc) is 2.47. The van der Waals surface area contributed by atoms with Gasteiger partial charge in [-0.05, 0) is 30.7 Å². The number of H-pyrrole nitrogens is 1. The number of benzene rings is 1. The molecular weight excluding hydrogens is 202 g/mol. The molecule has 0 saturated heterocycles. The molecule has 2 aromatic rings. The molecule has 4 heteroatoms. The number of hydrogen-bond acceptors (Lipinski definition) is 1. The van der Waals surface area contributed by atoms with Gasteiger partial charge in [-0.1, -0.05) is 11.6 Å². The maximum Gasteiger partial charge on any atom is 0.352 e. The van der Waals surface area contributed by atoms with E-state index < -0.39 is 5.97 Å². The number of fused-ring (bicyclic) bond motifs is 1. The fourth-order valence-corrected chi connectivity index (χ4v) is 1.78. The van der Waals surface area contributed by atoms with Crippen molar-refractivity contribution in [1.29, 1.82) is 0 Å². The molecule has 14 heavy (non-hydrogen) atoms. The van der Waals surface area contributed by atoms with Gasteiger partial charge >= 0.3 is 5.97 Å². The minimum atomic E-state index is -0.977. The molecule has 0 bridgehead atoms. The number of nitrogens with one attached hydrogen (secondary N) is 1. The molecule has 0 aliphatic rings. The van der Waals surface area contributed by atoms with E-state index in [0.717, 1.165) is 10.9 Å². The largest absolute Gasteiger partial charge is 0.477 e. The van der Waals surface area contributed by atoms with E-state index in [9.17, 15) is 4.79 Å². The molecule has 0 atom stereocenters. The molecule has 3 nitrogen and oxygen atoms in total. The molecule has 2 rings (SSSR count). The lowest BCUT2D eigenvalue weighted by Gasteiger charge is -1.95. The van der Waals surface area contributed by atoms with Crippen LogP contribution in [-0.2, 0) is 0 Å². The van der Waals surface area contributed by atoms with Gasteiger partial charge in [-0.3, -0.25) is 0 Å². The molecule has 0 fully saturated rings. The smallest absolute Gasteiger partial charge is 0.352 e. The van der Waals surface area contributed by atoms with Gasteiger partial charge in [0.25, 0.3) is 0 Å². The molecule has 0 saturated carbocycles. The van der Waals surface area contributed by atoms with Gasteiger partial charge in [0.1, 0.15) is 5.69 Å². The van der Waals surface area contributed by atoms with Gasteiger partial charge < -0.3 is 10.1 Å². The Kier molecular flexibility index (Phi) is 1.97. The van der Waals surface area contributed by atoms with E-state index in [-0.39, 0.29) is 5.69 Å². The van der Waals surface area contributed by atoms with Crippen LogP contribution in [0.4, 0.5) is 0 Å². The number of aromatic nitrogens is 1. The zero-order valence-electron chi connectivity index (χ0n) is 7.47. The SMILES string of the molecule is Cc1cc(Cl)c2[nH]c(C(=O)O)cc2c1. The van der Waals surface area contributed by atoms with Crippen LogP contribution in [0.2, 0.25) is 5.02 Å². The van der Waals surface area contributed by atoms with Crippen molar-refractivity contribution in [3.05, 3.63) is 34.5 Å². The van der Waals surface area contributed by atoms with E-state index in [2.05, 4.69) is 4.98 Å². The van der Waals surface area contributed by atoms with Crippen molar-refractivity contribution < 1.29 is 9.90 Å². The fraction of sp³-hybridized carbons (Fsp3) is 0.100. The van der Waals surface area contributed by atoms with Crippen molar-refractivity contribution in [1.82, 2.24) is 4.98 Å². The normalized spacial score (nSPS) is 10.7. The summed E-state index contributed by atoms with van der Waals surface area (Å²) in [4.78, 5) is 13.5. The number of aromatic amines is 1. The molecule has 0 amide bonds. The fourth-order valence-electron chi connectivity index (χ4n) is 1.46. The second kappa shape index (κ2) is 3.03. The quantitative estimate of drug-likeness (QED) is 0.759. The van der Waals surface area contributed by atoms with Crippen molar-refractivity contribution in [2.45, 2.75) is 6.92 Å². The Morgan fingerprint density at radius 3 is 2.79 bits per heavy atom. The Morgan fingerprint density at radius 2 is 2.14 bits per heavy atom. The van der Waals surface area contributed by atoms with Gasteiger partial charge in [0.15, 0.2) is 0 Å². The lowest BCUT2D eigenvalue weighted by molar-refractivity contribution is 0.0691. The van der Waals surface area contributed by atoms with Crippen molar-refractivity contribution in [2.75, 3.05) is 0 Å². The molecule has 0 spiro atoms. The molecule has 0 aliphatic heterocycles. The Morgan fingerprint density at radius 1 is 1.43 bits per heavy atom. The third-order valence-electron chi connectivity index (χ3n) is 2.05. The van der Waals surface area contributed by atoms with E-state index in [1.54, 1.807) is 12.1 Å². The number of carboxylic acid groups (broad SMARTS) is 1. The highest BCUT2D eigenvalue weighted by atomic mass is 35.5. The van der Waals surface area contributed by atoms with Gasteiger partial charge in [0.2, 0.25) is 0 Å². The van der Waals surface area contributed by atoms with Crippen molar-refractivity contribution in [2.24, 2.45) is 0 Å². The summed E-state index contributed by atoms with van der Waals surface area (Å²) in [6.07, 6.45) is 0. The zero-order valence-corrected chi connectivity index (χ0v) is 8.22. The second-order valence-electron chi connectivity index (χ2n) is 3.20. The Labute approximate surface area is 85.3 Å². The van der Waals surface area contributed by atoms with Gasteiger partial charge in [-0.25, -0.2) is 4.79 Å². The highest BCUT2D eigenvalue weighted by Crippen LogP contribution is 2.25. The highest BCUT2D eigenvalue weighted by Gasteiger charge is 2.09. The minimum absolute atomic E-state index is 0.160. The first-order valence-electron chi connectivity index (χ1n) is 4.10. The summed E-state index contributed by atoms with van der Waals surface area (Å²) in [7, 11) is 0. The molecule has 1 aromatic carbocycles. The summed E-state index contributed by atoms with van der Waals surface area (Å²) < 4.78 is 0. The number of aryl methyl sites for hydroxylation is 1. The minimum Gasteiger partial charge on any atom is -0.477 e. The summed E-state index contributed by atoms with van der Waals surface area (Å²) in [5.41, 5.74) is 1.85. The number of rotatable bonds is 1. The topological polar surface area (TPSA) is 53.1 Å². The summed E-state index contributed by atoms with van der Waals surface area (Å²) in [5.74, 6) is -0.977. The Bertz CT molecular complexity index is 516. The molecule has 72 valence electrons. The van der Waals surface area contributed by atoms with Crippen LogP contribution < -0.4 is 0 Å². The maximum atomic E-state index is 10.7. The highest BCUT2D eigenvalue weighted by molar-refractivity contribution is 6.35. The number of carbonyl (C=O) groups is 1.